The van der Waals surface area contributed by atoms with Crippen LogP contribution in [-0.4, -0.2) is 22.7 Å². The first-order valence-corrected chi connectivity index (χ1v) is 5.23. The minimum Gasteiger partial charge on any atom is -0.478 e. The summed E-state index contributed by atoms with van der Waals surface area (Å²) in [6.07, 6.45) is 2.74. The predicted molar refractivity (Wildman–Crippen MR) is 62.5 cm³/mol. The molecule has 16 heavy (non-hydrogen) atoms. The largest absolute Gasteiger partial charge is 0.478 e. The average Bonchev–Trinajstić information content (AvgIpc) is 2.27. The second-order valence-electron chi connectivity index (χ2n) is 3.22. The first-order chi connectivity index (χ1) is 7.63. The standard InChI is InChI=1S/C12H11ClO3/c13-8-11(14)7-10-4-2-1-3-9(10)5-6-12(15)16/h1-6H,7-8H2,(H,15,16)/b6-5+. The highest BCUT2D eigenvalue weighted by Crippen LogP contribution is 2.12. The van der Waals surface area contributed by atoms with Crippen LogP contribution in [0.15, 0.2) is 30.3 Å². The summed E-state index contributed by atoms with van der Waals surface area (Å²) >= 11 is 5.42. The number of carbonyl (C=O) groups excluding carboxylic acids is 1. The molecule has 0 aliphatic rings. The number of rotatable bonds is 5. The molecule has 0 radical (unpaired) electrons. The Morgan fingerprint density at radius 1 is 1.31 bits per heavy atom. The third kappa shape index (κ3) is 3.87. The van der Waals surface area contributed by atoms with Crippen molar-refractivity contribution in [3.63, 3.8) is 0 Å². The van der Waals surface area contributed by atoms with Crippen molar-refractivity contribution in [1.29, 1.82) is 0 Å². The van der Waals surface area contributed by atoms with E-state index in [2.05, 4.69) is 0 Å². The van der Waals surface area contributed by atoms with Crippen LogP contribution in [0.3, 0.4) is 0 Å². The molecule has 0 heterocycles. The van der Waals surface area contributed by atoms with Gasteiger partial charge in [-0.15, -0.1) is 11.6 Å². The van der Waals surface area contributed by atoms with Gasteiger partial charge in [0.1, 0.15) is 0 Å². The van der Waals surface area contributed by atoms with Crippen LogP contribution >= 0.6 is 11.6 Å². The summed E-state index contributed by atoms with van der Waals surface area (Å²) in [5.41, 5.74) is 1.51. The highest BCUT2D eigenvalue weighted by molar-refractivity contribution is 6.27. The molecule has 1 rings (SSSR count). The third-order valence-corrected chi connectivity index (χ3v) is 2.30. The molecule has 0 spiro atoms. The monoisotopic (exact) mass is 238 g/mol. The Kier molecular flexibility index (Phi) is 4.73. The zero-order valence-electron chi connectivity index (χ0n) is 8.52. The molecule has 0 bridgehead atoms. The number of carbonyl (C=O) groups is 2. The van der Waals surface area contributed by atoms with Crippen LogP contribution in [0, 0.1) is 0 Å². The fraction of sp³-hybridized carbons (Fsp3) is 0.167. The lowest BCUT2D eigenvalue weighted by atomic mass is 10.0. The Hall–Kier alpha value is -1.61. The number of carboxylic acid groups (broad SMARTS) is 1. The quantitative estimate of drug-likeness (QED) is 0.632. The van der Waals surface area contributed by atoms with Gasteiger partial charge in [-0.25, -0.2) is 4.79 Å². The van der Waals surface area contributed by atoms with E-state index in [4.69, 9.17) is 16.7 Å². The lowest BCUT2D eigenvalue weighted by Gasteiger charge is -2.03. The second kappa shape index (κ2) is 6.08. The molecular formula is C12H11ClO3. The maximum absolute atomic E-state index is 11.2. The number of Topliss-reactive ketones (excluding diaryl/α,β-unsaturated/α-hetero) is 1. The normalized spacial score (nSPS) is 10.6. The number of benzene rings is 1. The summed E-state index contributed by atoms with van der Waals surface area (Å²) in [4.78, 5) is 21.6. The maximum atomic E-state index is 11.2. The molecule has 0 unspecified atom stereocenters. The molecule has 1 aromatic carbocycles. The minimum absolute atomic E-state index is 0.0308. The summed E-state index contributed by atoms with van der Waals surface area (Å²) in [6, 6.07) is 7.13. The van der Waals surface area contributed by atoms with Crippen molar-refractivity contribution in [2.24, 2.45) is 0 Å². The molecule has 0 saturated heterocycles. The zero-order valence-corrected chi connectivity index (χ0v) is 9.28. The van der Waals surface area contributed by atoms with Crippen molar-refractivity contribution < 1.29 is 14.7 Å². The molecule has 0 aromatic heterocycles. The maximum Gasteiger partial charge on any atom is 0.328 e. The van der Waals surface area contributed by atoms with E-state index in [0.717, 1.165) is 17.2 Å². The topological polar surface area (TPSA) is 54.4 Å². The highest BCUT2D eigenvalue weighted by Gasteiger charge is 2.05. The van der Waals surface area contributed by atoms with Gasteiger partial charge < -0.3 is 5.11 Å². The van der Waals surface area contributed by atoms with Gasteiger partial charge in [-0.05, 0) is 17.2 Å². The molecule has 84 valence electrons. The fourth-order valence-electron chi connectivity index (χ4n) is 1.28. The summed E-state index contributed by atoms with van der Waals surface area (Å²) in [7, 11) is 0. The number of aliphatic carboxylic acids is 1. The van der Waals surface area contributed by atoms with Gasteiger partial charge in [-0.1, -0.05) is 24.3 Å². The molecule has 4 heteroatoms. The molecular weight excluding hydrogens is 228 g/mol. The Labute approximate surface area is 98.4 Å². The Morgan fingerprint density at radius 2 is 2.00 bits per heavy atom. The van der Waals surface area contributed by atoms with Crippen LogP contribution in [0.1, 0.15) is 11.1 Å². The summed E-state index contributed by atoms with van der Waals surface area (Å²) in [5, 5.41) is 8.52. The Balaban J connectivity index is 2.91. The van der Waals surface area contributed by atoms with Gasteiger partial charge in [0.15, 0.2) is 5.78 Å². The number of carboxylic acids is 1. The van der Waals surface area contributed by atoms with E-state index in [9.17, 15) is 9.59 Å². The van der Waals surface area contributed by atoms with Crippen molar-refractivity contribution in [1.82, 2.24) is 0 Å². The molecule has 1 aromatic rings. The Bertz CT molecular complexity index is 424. The molecule has 0 amide bonds. The van der Waals surface area contributed by atoms with E-state index in [-0.39, 0.29) is 18.1 Å². The lowest BCUT2D eigenvalue weighted by molar-refractivity contribution is -0.131. The van der Waals surface area contributed by atoms with Crippen molar-refractivity contribution in [2.45, 2.75) is 6.42 Å². The van der Waals surface area contributed by atoms with Crippen LogP contribution in [0.25, 0.3) is 6.08 Å². The number of ketones is 1. The van der Waals surface area contributed by atoms with E-state index in [1.165, 1.54) is 6.08 Å². The van der Waals surface area contributed by atoms with E-state index in [1.807, 2.05) is 0 Å². The van der Waals surface area contributed by atoms with Gasteiger partial charge in [-0.3, -0.25) is 4.79 Å². The van der Waals surface area contributed by atoms with Gasteiger partial charge in [-0.2, -0.15) is 0 Å². The SMILES string of the molecule is O=C(O)/C=C/c1ccccc1CC(=O)CCl. The van der Waals surface area contributed by atoms with Crippen molar-refractivity contribution in [3.8, 4) is 0 Å². The first-order valence-electron chi connectivity index (χ1n) is 4.70. The summed E-state index contributed by atoms with van der Waals surface area (Å²) in [6.45, 7) is 0. The number of alkyl halides is 1. The van der Waals surface area contributed by atoms with Gasteiger partial charge in [0.2, 0.25) is 0 Å². The number of hydrogen-bond donors (Lipinski definition) is 1. The molecule has 1 N–H and O–H groups in total. The molecule has 0 aliphatic heterocycles. The van der Waals surface area contributed by atoms with Crippen LogP contribution in [0.4, 0.5) is 0 Å². The lowest BCUT2D eigenvalue weighted by Crippen LogP contribution is -2.05. The third-order valence-electron chi connectivity index (χ3n) is 2.00. The smallest absolute Gasteiger partial charge is 0.328 e. The molecule has 0 atom stereocenters. The predicted octanol–water partition coefficient (Wildman–Crippen LogP) is 2.13. The van der Waals surface area contributed by atoms with E-state index in [1.54, 1.807) is 24.3 Å². The van der Waals surface area contributed by atoms with Crippen LogP contribution in [0.5, 0.6) is 0 Å². The van der Waals surface area contributed by atoms with E-state index < -0.39 is 5.97 Å². The number of halogens is 1. The molecule has 0 fully saturated rings. The van der Waals surface area contributed by atoms with Crippen molar-refractivity contribution >= 4 is 29.4 Å². The van der Waals surface area contributed by atoms with Crippen molar-refractivity contribution in [3.05, 3.63) is 41.5 Å². The van der Waals surface area contributed by atoms with Crippen LogP contribution < -0.4 is 0 Å². The first kappa shape index (κ1) is 12.5. The fourth-order valence-corrected chi connectivity index (χ4v) is 1.37. The Morgan fingerprint density at radius 3 is 2.62 bits per heavy atom. The summed E-state index contributed by atoms with van der Waals surface area (Å²) in [5.74, 6) is -1.13. The zero-order chi connectivity index (χ0) is 12.0. The van der Waals surface area contributed by atoms with Crippen LogP contribution in [0.2, 0.25) is 0 Å². The summed E-state index contributed by atoms with van der Waals surface area (Å²) < 4.78 is 0. The van der Waals surface area contributed by atoms with E-state index in [0.29, 0.717) is 0 Å². The van der Waals surface area contributed by atoms with Gasteiger partial charge in [0, 0.05) is 12.5 Å². The number of hydrogen-bond acceptors (Lipinski definition) is 2. The highest BCUT2D eigenvalue weighted by atomic mass is 35.5. The van der Waals surface area contributed by atoms with Gasteiger partial charge in [0.25, 0.3) is 0 Å². The molecule has 3 nitrogen and oxygen atoms in total. The van der Waals surface area contributed by atoms with Crippen LogP contribution in [-0.2, 0) is 16.0 Å². The molecule has 0 saturated carbocycles. The van der Waals surface area contributed by atoms with E-state index >= 15 is 0 Å². The molecule has 0 aliphatic carbocycles. The van der Waals surface area contributed by atoms with Gasteiger partial charge in [0.05, 0.1) is 5.88 Å². The van der Waals surface area contributed by atoms with Gasteiger partial charge >= 0.3 is 5.97 Å². The second-order valence-corrected chi connectivity index (χ2v) is 3.49. The average molecular weight is 239 g/mol. The van der Waals surface area contributed by atoms with Crippen molar-refractivity contribution in [2.75, 3.05) is 5.88 Å². The minimum atomic E-state index is -1.02.